The molecular weight excluding hydrogens is 296 g/mol. The Bertz CT molecular complexity index is 536. The van der Waals surface area contributed by atoms with Crippen molar-refractivity contribution in [2.24, 2.45) is 0 Å². The molecule has 0 radical (unpaired) electrons. The molecule has 0 atom stereocenters. The van der Waals surface area contributed by atoms with Crippen molar-refractivity contribution in [1.29, 1.82) is 0 Å². The summed E-state index contributed by atoms with van der Waals surface area (Å²) in [6.45, 7) is 3.55. The molecule has 1 aromatic rings. The number of hydrogen-bond acceptors (Lipinski definition) is 2. The zero-order chi connectivity index (χ0) is 14.7. The number of alkyl halides is 1. The van der Waals surface area contributed by atoms with E-state index in [0.717, 1.165) is 12.1 Å². The highest BCUT2D eigenvalue weighted by molar-refractivity contribution is 7.89. The number of nitrogens with one attached hydrogen (secondary N) is 1. The van der Waals surface area contributed by atoms with Crippen LogP contribution in [-0.2, 0) is 10.0 Å². The topological polar surface area (TPSA) is 46.2 Å². The van der Waals surface area contributed by atoms with Crippen LogP contribution in [0.2, 0.25) is 0 Å². The van der Waals surface area contributed by atoms with Gasteiger partial charge in [0, 0.05) is 11.4 Å². The van der Waals surface area contributed by atoms with Gasteiger partial charge in [0.25, 0.3) is 0 Å². The summed E-state index contributed by atoms with van der Waals surface area (Å²) in [4.78, 5) is -0.705. The largest absolute Gasteiger partial charge is 0.244 e. The molecule has 0 saturated carbocycles. The number of rotatable bonds is 6. The molecular formula is C12H16ClF2NO2S. The monoisotopic (exact) mass is 311 g/mol. The Kier molecular flexibility index (Phi) is 5.29. The molecule has 1 rings (SSSR count). The van der Waals surface area contributed by atoms with Crippen molar-refractivity contribution in [1.82, 2.24) is 4.72 Å². The molecule has 19 heavy (non-hydrogen) atoms. The maximum Gasteiger partial charge on any atom is 0.244 e. The first-order chi connectivity index (χ1) is 8.80. The van der Waals surface area contributed by atoms with E-state index >= 15 is 0 Å². The van der Waals surface area contributed by atoms with Gasteiger partial charge in [0.1, 0.15) is 16.5 Å². The normalized spacial score (nSPS) is 12.7. The summed E-state index contributed by atoms with van der Waals surface area (Å²) in [5.74, 6) is -1.76. The standard InChI is InChI=1S/C12H16ClF2NO2S/c1-3-12(4-2,8-13)16-19(17,18)11-7-9(14)5-6-10(11)15/h5-7,16H,3-4,8H2,1-2H3. The summed E-state index contributed by atoms with van der Waals surface area (Å²) in [5, 5.41) is 0. The lowest BCUT2D eigenvalue weighted by atomic mass is 9.97. The first kappa shape index (κ1) is 16.3. The van der Waals surface area contributed by atoms with E-state index in [1.807, 2.05) is 0 Å². The highest BCUT2D eigenvalue weighted by Crippen LogP contribution is 2.23. The molecule has 0 heterocycles. The quantitative estimate of drug-likeness (QED) is 0.821. The van der Waals surface area contributed by atoms with Crippen LogP contribution in [0.3, 0.4) is 0 Å². The summed E-state index contributed by atoms with van der Waals surface area (Å²) in [5.41, 5.74) is -0.862. The van der Waals surface area contributed by atoms with E-state index in [1.165, 1.54) is 0 Å². The lowest BCUT2D eigenvalue weighted by Crippen LogP contribution is -2.49. The Morgan fingerprint density at radius 2 is 1.84 bits per heavy atom. The molecule has 1 N–H and O–H groups in total. The second-order valence-electron chi connectivity index (χ2n) is 4.30. The average Bonchev–Trinajstić information content (AvgIpc) is 2.39. The van der Waals surface area contributed by atoms with Crippen molar-refractivity contribution in [3.63, 3.8) is 0 Å². The predicted molar refractivity (Wildman–Crippen MR) is 70.7 cm³/mol. The lowest BCUT2D eigenvalue weighted by molar-refractivity contribution is 0.392. The van der Waals surface area contributed by atoms with Crippen molar-refractivity contribution < 1.29 is 17.2 Å². The number of benzene rings is 1. The van der Waals surface area contributed by atoms with Crippen molar-refractivity contribution >= 4 is 21.6 Å². The fourth-order valence-corrected chi connectivity index (χ4v) is 3.79. The fourth-order valence-electron chi connectivity index (χ4n) is 1.63. The van der Waals surface area contributed by atoms with Crippen LogP contribution in [0.5, 0.6) is 0 Å². The minimum atomic E-state index is -4.16. The third kappa shape index (κ3) is 3.64. The highest BCUT2D eigenvalue weighted by atomic mass is 35.5. The summed E-state index contributed by atoms with van der Waals surface area (Å²) >= 11 is 5.79. The molecule has 0 saturated heterocycles. The van der Waals surface area contributed by atoms with E-state index in [-0.39, 0.29) is 5.88 Å². The molecule has 0 aliphatic carbocycles. The first-order valence-electron chi connectivity index (χ1n) is 5.85. The highest BCUT2D eigenvalue weighted by Gasteiger charge is 2.32. The Hall–Kier alpha value is -0.720. The van der Waals surface area contributed by atoms with Gasteiger partial charge in [0.05, 0.1) is 0 Å². The Morgan fingerprint density at radius 3 is 2.32 bits per heavy atom. The molecule has 0 amide bonds. The molecule has 0 unspecified atom stereocenters. The molecule has 0 spiro atoms. The van der Waals surface area contributed by atoms with Gasteiger partial charge in [-0.3, -0.25) is 0 Å². The third-order valence-electron chi connectivity index (χ3n) is 3.14. The van der Waals surface area contributed by atoms with Crippen molar-refractivity contribution in [2.75, 3.05) is 5.88 Å². The molecule has 0 bridgehead atoms. The molecule has 7 heteroatoms. The maximum absolute atomic E-state index is 13.5. The zero-order valence-electron chi connectivity index (χ0n) is 10.7. The van der Waals surface area contributed by atoms with Gasteiger partial charge < -0.3 is 0 Å². The van der Waals surface area contributed by atoms with Gasteiger partial charge in [0.15, 0.2) is 0 Å². The minimum Gasteiger partial charge on any atom is -0.207 e. The van der Waals surface area contributed by atoms with Gasteiger partial charge in [0.2, 0.25) is 10.0 Å². The van der Waals surface area contributed by atoms with Crippen LogP contribution in [-0.4, -0.2) is 19.8 Å². The summed E-state index contributed by atoms with van der Waals surface area (Å²) in [6.07, 6.45) is 0.895. The van der Waals surface area contributed by atoms with Gasteiger partial charge in [-0.1, -0.05) is 13.8 Å². The minimum absolute atomic E-state index is 0.0518. The molecule has 108 valence electrons. The van der Waals surface area contributed by atoms with E-state index in [1.54, 1.807) is 13.8 Å². The third-order valence-corrected chi connectivity index (χ3v) is 5.25. The number of hydrogen-bond donors (Lipinski definition) is 1. The van der Waals surface area contributed by atoms with E-state index in [0.29, 0.717) is 18.9 Å². The number of halogens is 3. The first-order valence-corrected chi connectivity index (χ1v) is 7.87. The molecule has 3 nitrogen and oxygen atoms in total. The van der Waals surface area contributed by atoms with Crippen LogP contribution in [0, 0.1) is 11.6 Å². The van der Waals surface area contributed by atoms with E-state index in [2.05, 4.69) is 4.72 Å². The van der Waals surface area contributed by atoms with Crippen LogP contribution in [0.15, 0.2) is 23.1 Å². The van der Waals surface area contributed by atoms with Gasteiger partial charge in [-0.05, 0) is 31.0 Å². The fraction of sp³-hybridized carbons (Fsp3) is 0.500. The Balaban J connectivity index is 3.21. The molecule has 0 aliphatic rings. The van der Waals surface area contributed by atoms with Crippen LogP contribution >= 0.6 is 11.6 Å². The van der Waals surface area contributed by atoms with Gasteiger partial charge >= 0.3 is 0 Å². The molecule has 0 aliphatic heterocycles. The van der Waals surface area contributed by atoms with Gasteiger partial charge in [-0.25, -0.2) is 21.9 Å². The van der Waals surface area contributed by atoms with Crippen LogP contribution in [0.25, 0.3) is 0 Å². The summed E-state index contributed by atoms with van der Waals surface area (Å²) < 4.78 is 53.2. The van der Waals surface area contributed by atoms with E-state index in [4.69, 9.17) is 11.6 Å². The van der Waals surface area contributed by atoms with Crippen LogP contribution < -0.4 is 4.72 Å². The molecule has 0 fully saturated rings. The summed E-state index contributed by atoms with van der Waals surface area (Å²) in [6, 6.07) is 2.30. The van der Waals surface area contributed by atoms with Gasteiger partial charge in [-0.15, -0.1) is 11.6 Å². The second kappa shape index (κ2) is 6.15. The van der Waals surface area contributed by atoms with Crippen LogP contribution in [0.1, 0.15) is 26.7 Å². The number of sulfonamides is 1. The predicted octanol–water partition coefficient (Wildman–Crippen LogP) is 3.04. The van der Waals surface area contributed by atoms with Crippen molar-refractivity contribution in [3.05, 3.63) is 29.8 Å². The van der Waals surface area contributed by atoms with E-state index in [9.17, 15) is 17.2 Å². The van der Waals surface area contributed by atoms with Crippen molar-refractivity contribution in [3.8, 4) is 0 Å². The zero-order valence-corrected chi connectivity index (χ0v) is 12.3. The molecule has 1 aromatic carbocycles. The Labute approximate surface area is 117 Å². The van der Waals surface area contributed by atoms with Crippen LogP contribution in [0.4, 0.5) is 8.78 Å². The Morgan fingerprint density at radius 1 is 1.26 bits per heavy atom. The van der Waals surface area contributed by atoms with Gasteiger partial charge in [-0.2, -0.15) is 0 Å². The smallest absolute Gasteiger partial charge is 0.207 e. The average molecular weight is 312 g/mol. The summed E-state index contributed by atoms with van der Waals surface area (Å²) in [7, 11) is -4.16. The maximum atomic E-state index is 13.5. The second-order valence-corrected chi connectivity index (χ2v) is 6.22. The SMILES string of the molecule is CCC(CC)(CCl)NS(=O)(=O)c1cc(F)ccc1F. The lowest BCUT2D eigenvalue weighted by Gasteiger charge is -2.30. The molecule has 0 aromatic heterocycles. The van der Waals surface area contributed by atoms with E-state index < -0.39 is 32.1 Å². The van der Waals surface area contributed by atoms with Crippen molar-refractivity contribution in [2.45, 2.75) is 37.1 Å².